The molecule has 0 unspecified atom stereocenters. The third kappa shape index (κ3) is 3.75. The van der Waals surface area contributed by atoms with Gasteiger partial charge in [-0.15, -0.1) is 0 Å². The molecule has 31 heavy (non-hydrogen) atoms. The maximum Gasteiger partial charge on any atom is 0.335 e. The Morgan fingerprint density at radius 1 is 1.16 bits per heavy atom. The van der Waals surface area contributed by atoms with Crippen LogP contribution in [0.4, 0.5) is 10.5 Å². The molecule has 0 aliphatic carbocycles. The molecule has 2 aliphatic heterocycles. The van der Waals surface area contributed by atoms with Gasteiger partial charge < -0.3 is 18.9 Å². The number of urea groups is 1. The van der Waals surface area contributed by atoms with Crippen LogP contribution in [-0.4, -0.2) is 38.4 Å². The SMILES string of the molecule is CCOc1cc(/C=C2\C(=O)NC(=O)N(c3ccc4c(c3)OCO4)C2=O)cc(Cl)c1OC. The highest BCUT2D eigenvalue weighted by Gasteiger charge is 2.37. The first-order valence-electron chi connectivity index (χ1n) is 9.24. The number of carbonyl (C=O) groups is 3. The molecule has 2 aromatic rings. The van der Waals surface area contributed by atoms with Crippen molar-refractivity contribution in [3.63, 3.8) is 0 Å². The van der Waals surface area contributed by atoms with Gasteiger partial charge in [0.05, 0.1) is 24.4 Å². The quantitative estimate of drug-likeness (QED) is 0.558. The van der Waals surface area contributed by atoms with E-state index in [1.54, 1.807) is 19.1 Å². The van der Waals surface area contributed by atoms with E-state index in [9.17, 15) is 14.4 Å². The van der Waals surface area contributed by atoms with Gasteiger partial charge in [0.25, 0.3) is 11.8 Å². The number of barbiturate groups is 1. The van der Waals surface area contributed by atoms with Crippen LogP contribution in [-0.2, 0) is 9.59 Å². The predicted molar refractivity (Wildman–Crippen MR) is 111 cm³/mol. The summed E-state index contributed by atoms with van der Waals surface area (Å²) in [6.45, 7) is 2.20. The van der Waals surface area contributed by atoms with Crippen LogP contribution >= 0.6 is 11.6 Å². The van der Waals surface area contributed by atoms with Crippen molar-refractivity contribution in [1.29, 1.82) is 0 Å². The first-order chi connectivity index (χ1) is 14.9. The number of nitrogens with one attached hydrogen (secondary N) is 1. The average Bonchev–Trinajstić information content (AvgIpc) is 3.19. The van der Waals surface area contributed by atoms with Gasteiger partial charge in [0.1, 0.15) is 5.57 Å². The molecule has 2 aromatic carbocycles. The van der Waals surface area contributed by atoms with E-state index in [0.29, 0.717) is 35.2 Å². The van der Waals surface area contributed by atoms with Crippen LogP contribution in [0.3, 0.4) is 0 Å². The highest BCUT2D eigenvalue weighted by Crippen LogP contribution is 2.38. The molecule has 1 N–H and O–H groups in total. The molecule has 160 valence electrons. The van der Waals surface area contributed by atoms with Gasteiger partial charge in [-0.3, -0.25) is 14.9 Å². The van der Waals surface area contributed by atoms with Gasteiger partial charge in [0.15, 0.2) is 23.0 Å². The number of benzene rings is 2. The van der Waals surface area contributed by atoms with Crippen molar-refractivity contribution in [2.45, 2.75) is 6.92 Å². The first kappa shape index (κ1) is 20.5. The van der Waals surface area contributed by atoms with E-state index in [4.69, 9.17) is 30.5 Å². The highest BCUT2D eigenvalue weighted by molar-refractivity contribution is 6.39. The Balaban J connectivity index is 1.73. The van der Waals surface area contributed by atoms with Gasteiger partial charge in [0.2, 0.25) is 6.79 Å². The lowest BCUT2D eigenvalue weighted by Gasteiger charge is -2.26. The van der Waals surface area contributed by atoms with Crippen molar-refractivity contribution < 1.29 is 33.3 Å². The number of imide groups is 2. The zero-order valence-electron chi connectivity index (χ0n) is 16.6. The number of ether oxygens (including phenoxy) is 4. The van der Waals surface area contributed by atoms with Gasteiger partial charge in [-0.1, -0.05) is 11.6 Å². The number of carbonyl (C=O) groups excluding carboxylic acids is 3. The van der Waals surface area contributed by atoms with Crippen LogP contribution in [0.25, 0.3) is 6.08 Å². The Bertz CT molecular complexity index is 1130. The molecule has 0 aromatic heterocycles. The normalized spacial score (nSPS) is 16.5. The number of halogens is 1. The Morgan fingerprint density at radius 3 is 2.68 bits per heavy atom. The van der Waals surface area contributed by atoms with E-state index in [1.807, 2.05) is 0 Å². The third-order valence-electron chi connectivity index (χ3n) is 4.56. The van der Waals surface area contributed by atoms with Gasteiger partial charge in [-0.25, -0.2) is 9.69 Å². The second-order valence-corrected chi connectivity index (χ2v) is 6.87. The van der Waals surface area contributed by atoms with Crippen molar-refractivity contribution in [3.05, 3.63) is 46.5 Å². The summed E-state index contributed by atoms with van der Waals surface area (Å²) < 4.78 is 21.3. The first-order valence-corrected chi connectivity index (χ1v) is 9.62. The molecule has 2 heterocycles. The predicted octanol–water partition coefficient (Wildman–Crippen LogP) is 3.14. The van der Waals surface area contributed by atoms with Crippen LogP contribution < -0.4 is 29.2 Å². The summed E-state index contributed by atoms with van der Waals surface area (Å²) in [7, 11) is 1.45. The largest absolute Gasteiger partial charge is 0.491 e. The van der Waals surface area contributed by atoms with Crippen LogP contribution in [0.2, 0.25) is 5.02 Å². The molecule has 2 aliphatic rings. The van der Waals surface area contributed by atoms with E-state index in [-0.39, 0.29) is 23.1 Å². The summed E-state index contributed by atoms with van der Waals surface area (Å²) in [5.41, 5.74) is 0.404. The third-order valence-corrected chi connectivity index (χ3v) is 4.84. The van der Waals surface area contributed by atoms with Crippen LogP contribution in [0.15, 0.2) is 35.9 Å². The second-order valence-electron chi connectivity index (χ2n) is 6.46. The van der Waals surface area contributed by atoms with E-state index < -0.39 is 17.8 Å². The van der Waals surface area contributed by atoms with Crippen LogP contribution in [0.5, 0.6) is 23.0 Å². The number of anilines is 1. The zero-order valence-corrected chi connectivity index (χ0v) is 17.3. The van der Waals surface area contributed by atoms with Crippen molar-refractivity contribution in [2.24, 2.45) is 0 Å². The van der Waals surface area contributed by atoms with Gasteiger partial charge >= 0.3 is 6.03 Å². The smallest absolute Gasteiger partial charge is 0.335 e. The van der Waals surface area contributed by atoms with E-state index >= 15 is 0 Å². The Morgan fingerprint density at radius 2 is 1.94 bits per heavy atom. The van der Waals surface area contributed by atoms with Crippen molar-refractivity contribution >= 4 is 41.2 Å². The molecule has 0 atom stereocenters. The maximum absolute atomic E-state index is 13.1. The van der Waals surface area contributed by atoms with E-state index in [2.05, 4.69) is 5.32 Å². The standard InChI is InChI=1S/C21H17ClN2O7/c1-3-29-17-8-11(7-14(22)18(17)28-2)6-13-19(25)23-21(27)24(20(13)26)12-4-5-15-16(9-12)31-10-30-15/h4-9H,3,10H2,1-2H3,(H,23,25,27)/b13-6+. The fourth-order valence-corrected chi connectivity index (χ4v) is 3.51. The number of nitrogens with zero attached hydrogens (tertiary/aromatic N) is 1. The summed E-state index contributed by atoms with van der Waals surface area (Å²) in [6.07, 6.45) is 1.33. The molecule has 9 nitrogen and oxygen atoms in total. The molecule has 0 spiro atoms. The summed E-state index contributed by atoms with van der Waals surface area (Å²) in [5, 5.41) is 2.41. The lowest BCUT2D eigenvalue weighted by molar-refractivity contribution is -0.122. The monoisotopic (exact) mass is 444 g/mol. The Kier molecular flexibility index (Phi) is 5.43. The average molecular weight is 445 g/mol. The summed E-state index contributed by atoms with van der Waals surface area (Å²) in [5.74, 6) is -0.0333. The molecule has 0 bridgehead atoms. The number of hydrogen-bond acceptors (Lipinski definition) is 7. The topological polar surface area (TPSA) is 103 Å². The van der Waals surface area contributed by atoms with Crippen molar-refractivity contribution in [3.8, 4) is 23.0 Å². The number of fused-ring (bicyclic) bond motifs is 1. The lowest BCUT2D eigenvalue weighted by Crippen LogP contribution is -2.54. The van der Waals surface area contributed by atoms with Crippen molar-refractivity contribution in [2.75, 3.05) is 25.4 Å². The summed E-state index contributed by atoms with van der Waals surface area (Å²) >= 11 is 6.25. The zero-order chi connectivity index (χ0) is 22.1. The minimum atomic E-state index is -0.867. The highest BCUT2D eigenvalue weighted by atomic mass is 35.5. The molecule has 0 radical (unpaired) electrons. The summed E-state index contributed by atoms with van der Waals surface area (Å²) in [4.78, 5) is 38.8. The van der Waals surface area contributed by atoms with E-state index in [1.165, 1.54) is 31.4 Å². The molecule has 1 fully saturated rings. The molecule has 4 rings (SSSR count). The Labute approximate surface area is 182 Å². The molecule has 4 amide bonds. The second kappa shape index (κ2) is 8.19. The van der Waals surface area contributed by atoms with Crippen LogP contribution in [0.1, 0.15) is 12.5 Å². The minimum absolute atomic E-state index is 0.0446. The van der Waals surface area contributed by atoms with E-state index in [0.717, 1.165) is 4.90 Å². The fraction of sp³-hybridized carbons (Fsp3) is 0.190. The molecular formula is C21H17ClN2O7. The van der Waals surface area contributed by atoms with Crippen molar-refractivity contribution in [1.82, 2.24) is 5.32 Å². The molecule has 10 heteroatoms. The number of amides is 4. The fourth-order valence-electron chi connectivity index (χ4n) is 3.22. The van der Waals surface area contributed by atoms with Gasteiger partial charge in [0, 0.05) is 6.07 Å². The minimum Gasteiger partial charge on any atom is -0.491 e. The summed E-state index contributed by atoms with van der Waals surface area (Å²) in [6, 6.07) is 6.84. The molecule has 0 saturated carbocycles. The lowest BCUT2D eigenvalue weighted by atomic mass is 10.1. The maximum atomic E-state index is 13.1. The van der Waals surface area contributed by atoms with Gasteiger partial charge in [-0.05, 0) is 42.8 Å². The number of methoxy groups -OCH3 is 1. The number of rotatable bonds is 5. The molecular weight excluding hydrogens is 428 g/mol. The Hall–Kier alpha value is -3.72. The van der Waals surface area contributed by atoms with Gasteiger partial charge in [-0.2, -0.15) is 0 Å². The van der Waals surface area contributed by atoms with Crippen LogP contribution in [0, 0.1) is 0 Å². The molecule has 1 saturated heterocycles. The number of hydrogen-bond donors (Lipinski definition) is 1.